The molecule has 0 saturated carbocycles. The summed E-state index contributed by atoms with van der Waals surface area (Å²) in [6.45, 7) is 2.52. The van der Waals surface area contributed by atoms with E-state index >= 15 is 0 Å². The maximum absolute atomic E-state index is 13.3. The summed E-state index contributed by atoms with van der Waals surface area (Å²) in [5.41, 5.74) is 4.87. The molecule has 9 heteroatoms. The number of imidazole rings is 1. The molecule has 0 fully saturated rings. The number of hydrogen-bond donors (Lipinski definition) is 1. The zero-order valence-corrected chi connectivity index (χ0v) is 19.7. The van der Waals surface area contributed by atoms with Gasteiger partial charge in [-0.25, -0.2) is 4.79 Å². The van der Waals surface area contributed by atoms with Crippen molar-refractivity contribution in [3.05, 3.63) is 106 Å². The van der Waals surface area contributed by atoms with Crippen LogP contribution >= 0.6 is 0 Å². The first-order valence-corrected chi connectivity index (χ1v) is 11.7. The third kappa shape index (κ3) is 4.44. The summed E-state index contributed by atoms with van der Waals surface area (Å²) in [7, 11) is 0. The summed E-state index contributed by atoms with van der Waals surface area (Å²) < 4.78 is 3.43. The lowest BCUT2D eigenvalue weighted by atomic mass is 9.97. The number of nitrogens with one attached hydrogen (secondary N) is 1. The van der Waals surface area contributed by atoms with Crippen LogP contribution in [0.25, 0.3) is 22.6 Å². The van der Waals surface area contributed by atoms with Crippen molar-refractivity contribution in [1.82, 2.24) is 34.7 Å². The molecule has 0 aliphatic heterocycles. The van der Waals surface area contributed by atoms with E-state index in [1.807, 2.05) is 67.0 Å². The molecular weight excluding hydrogens is 452 g/mol. The van der Waals surface area contributed by atoms with Crippen LogP contribution in [0.5, 0.6) is 0 Å². The van der Waals surface area contributed by atoms with Gasteiger partial charge in [0.15, 0.2) is 0 Å². The molecule has 0 saturated heterocycles. The third-order valence-corrected chi connectivity index (χ3v) is 6.19. The van der Waals surface area contributed by atoms with Crippen molar-refractivity contribution in [3.8, 4) is 28.7 Å². The second kappa shape index (κ2) is 10.2. The van der Waals surface area contributed by atoms with Crippen LogP contribution in [0.3, 0.4) is 0 Å². The first kappa shape index (κ1) is 22.9. The molecule has 1 N–H and O–H groups in total. The first-order valence-electron chi connectivity index (χ1n) is 11.7. The lowest BCUT2D eigenvalue weighted by Gasteiger charge is -2.19. The van der Waals surface area contributed by atoms with E-state index in [9.17, 15) is 10.1 Å². The molecule has 3 heterocycles. The smallest absolute Gasteiger partial charge is 0.295 e. The molecule has 2 aromatic carbocycles. The van der Waals surface area contributed by atoms with Gasteiger partial charge in [-0.2, -0.15) is 10.5 Å². The maximum atomic E-state index is 13.3. The molecule has 0 amide bonds. The maximum Gasteiger partial charge on any atom is 0.329 e. The Hall–Kier alpha value is -4.84. The zero-order chi connectivity index (χ0) is 24.9. The fourth-order valence-electron chi connectivity index (χ4n) is 4.46. The molecule has 5 rings (SSSR count). The molecular formula is C27H24N8O. The average Bonchev–Trinajstić information content (AvgIpc) is 3.59. The van der Waals surface area contributed by atoms with Crippen LogP contribution in [-0.4, -0.2) is 34.7 Å². The highest BCUT2D eigenvalue weighted by Gasteiger charge is 2.19. The van der Waals surface area contributed by atoms with E-state index in [2.05, 4.69) is 38.6 Å². The Morgan fingerprint density at radius 1 is 1.06 bits per heavy atom. The number of benzene rings is 2. The van der Waals surface area contributed by atoms with Crippen molar-refractivity contribution in [2.45, 2.75) is 32.4 Å². The van der Waals surface area contributed by atoms with Gasteiger partial charge in [-0.3, -0.25) is 14.1 Å². The summed E-state index contributed by atoms with van der Waals surface area (Å²) in [6.07, 6.45) is 6.98. The minimum atomic E-state index is -0.184. The Bertz CT molecular complexity index is 1560. The Balaban J connectivity index is 1.41. The van der Waals surface area contributed by atoms with Gasteiger partial charge >= 0.3 is 5.69 Å². The van der Waals surface area contributed by atoms with Gasteiger partial charge in [-0.05, 0) is 40.5 Å². The summed E-state index contributed by atoms with van der Waals surface area (Å²) in [4.78, 5) is 17.8. The van der Waals surface area contributed by atoms with E-state index in [4.69, 9.17) is 0 Å². The quantitative estimate of drug-likeness (QED) is 0.359. The SMILES string of the molecule is CCCC(c1ccccc1C#N)n1ccn(Cc2ccc(-c3cccnc3-c3nn[nH]n3)cc2)c1=O. The van der Waals surface area contributed by atoms with Crippen LogP contribution in [-0.2, 0) is 6.54 Å². The van der Waals surface area contributed by atoms with Crippen molar-refractivity contribution in [2.75, 3.05) is 0 Å². The number of aromatic nitrogens is 7. The molecule has 9 nitrogen and oxygen atoms in total. The molecule has 1 unspecified atom stereocenters. The van der Waals surface area contributed by atoms with Gasteiger partial charge in [-0.15, -0.1) is 10.2 Å². The van der Waals surface area contributed by atoms with Crippen LogP contribution in [0.15, 0.2) is 84.0 Å². The fraction of sp³-hybridized carbons (Fsp3) is 0.185. The number of H-pyrrole nitrogens is 1. The molecule has 178 valence electrons. The lowest BCUT2D eigenvalue weighted by molar-refractivity contribution is 0.508. The van der Waals surface area contributed by atoms with Gasteiger partial charge in [0.25, 0.3) is 0 Å². The first-order chi connectivity index (χ1) is 17.7. The highest BCUT2D eigenvalue weighted by Crippen LogP contribution is 2.28. The summed E-state index contributed by atoms with van der Waals surface area (Å²) in [5.74, 6) is 0.433. The van der Waals surface area contributed by atoms with Gasteiger partial charge in [0.05, 0.1) is 24.2 Å². The van der Waals surface area contributed by atoms with Crippen molar-refractivity contribution < 1.29 is 0 Å². The van der Waals surface area contributed by atoms with Crippen molar-refractivity contribution >= 4 is 0 Å². The molecule has 36 heavy (non-hydrogen) atoms. The minimum absolute atomic E-state index is 0.100. The largest absolute Gasteiger partial charge is 0.329 e. The zero-order valence-electron chi connectivity index (χ0n) is 19.7. The summed E-state index contributed by atoms with van der Waals surface area (Å²) in [6, 6.07) is 21.4. The highest BCUT2D eigenvalue weighted by molar-refractivity contribution is 5.77. The van der Waals surface area contributed by atoms with E-state index in [1.165, 1.54) is 0 Å². The number of tetrazole rings is 1. The van der Waals surface area contributed by atoms with E-state index in [0.29, 0.717) is 23.6 Å². The van der Waals surface area contributed by atoms with Crippen LogP contribution < -0.4 is 5.69 Å². The Kier molecular flexibility index (Phi) is 6.49. The Morgan fingerprint density at radius 3 is 2.64 bits per heavy atom. The minimum Gasteiger partial charge on any atom is -0.295 e. The standard InChI is InChI=1S/C27H24N8O/c1-2-6-24(22-8-4-3-7-21(22)17-28)35-16-15-34(27(35)36)18-19-10-12-20(13-11-19)23-9-5-14-29-25(23)26-30-32-33-31-26/h3-5,7-16,24H,2,6,18H2,1H3,(H,30,31,32,33). The molecule has 1 atom stereocenters. The van der Waals surface area contributed by atoms with E-state index < -0.39 is 0 Å². The monoisotopic (exact) mass is 476 g/mol. The average molecular weight is 477 g/mol. The Morgan fingerprint density at radius 2 is 1.89 bits per heavy atom. The second-order valence-electron chi connectivity index (χ2n) is 8.45. The summed E-state index contributed by atoms with van der Waals surface area (Å²) >= 11 is 0. The number of hydrogen-bond acceptors (Lipinski definition) is 6. The number of pyridine rings is 1. The van der Waals surface area contributed by atoms with Gasteiger partial charge in [0.1, 0.15) is 5.69 Å². The Labute approximate surface area is 207 Å². The highest BCUT2D eigenvalue weighted by atomic mass is 16.1. The van der Waals surface area contributed by atoms with Crippen LogP contribution in [0, 0.1) is 11.3 Å². The number of aromatic amines is 1. The summed E-state index contributed by atoms with van der Waals surface area (Å²) in [5, 5.41) is 23.8. The molecule has 0 spiro atoms. The topological polar surface area (TPSA) is 118 Å². The number of nitrogens with zero attached hydrogens (tertiary/aromatic N) is 7. The second-order valence-corrected chi connectivity index (χ2v) is 8.45. The van der Waals surface area contributed by atoms with Gasteiger partial charge in [0.2, 0.25) is 5.82 Å². The predicted molar refractivity (Wildman–Crippen MR) is 135 cm³/mol. The third-order valence-electron chi connectivity index (χ3n) is 6.19. The van der Waals surface area contributed by atoms with Crippen LogP contribution in [0.4, 0.5) is 0 Å². The van der Waals surface area contributed by atoms with Crippen molar-refractivity contribution in [1.29, 1.82) is 5.26 Å². The van der Waals surface area contributed by atoms with E-state index in [1.54, 1.807) is 21.4 Å². The predicted octanol–water partition coefficient (Wildman–Crippen LogP) is 4.20. The van der Waals surface area contributed by atoms with Crippen LogP contribution in [0.1, 0.15) is 42.5 Å². The van der Waals surface area contributed by atoms with Crippen LogP contribution in [0.2, 0.25) is 0 Å². The van der Waals surface area contributed by atoms with Crippen molar-refractivity contribution in [2.24, 2.45) is 0 Å². The van der Waals surface area contributed by atoms with Gasteiger partial charge in [0, 0.05) is 24.2 Å². The van der Waals surface area contributed by atoms with Gasteiger partial charge < -0.3 is 0 Å². The van der Waals surface area contributed by atoms with E-state index in [-0.39, 0.29) is 11.7 Å². The molecule has 0 aliphatic rings. The number of rotatable bonds is 8. The molecule has 0 aliphatic carbocycles. The van der Waals surface area contributed by atoms with Gasteiger partial charge in [-0.1, -0.05) is 61.9 Å². The lowest BCUT2D eigenvalue weighted by Crippen LogP contribution is -2.28. The molecule has 3 aromatic heterocycles. The normalized spacial score (nSPS) is 11.8. The van der Waals surface area contributed by atoms with Crippen molar-refractivity contribution in [3.63, 3.8) is 0 Å². The molecule has 0 bridgehead atoms. The number of nitriles is 1. The van der Waals surface area contributed by atoms with E-state index in [0.717, 1.165) is 35.1 Å². The fourth-order valence-corrected chi connectivity index (χ4v) is 4.46. The molecule has 0 radical (unpaired) electrons. The molecule has 5 aromatic rings.